The van der Waals surface area contributed by atoms with Crippen LogP contribution >= 0.6 is 0 Å². The average molecular weight is 661 g/mol. The summed E-state index contributed by atoms with van der Waals surface area (Å²) in [5, 5.41) is 0. The predicted molar refractivity (Wildman–Crippen MR) is 197 cm³/mol. The predicted octanol–water partition coefficient (Wildman–Crippen LogP) is 9.22. The zero-order chi connectivity index (χ0) is 34.0. The van der Waals surface area contributed by atoms with Gasteiger partial charge in [0.2, 0.25) is 0 Å². The molecule has 272 valence electrons. The fraction of sp³-hybridized carbons (Fsp3) is 0.800. The molecular formula is C40H72N2O5. The SMILES string of the molecule is CC/C=C\CCC(CCCCC(=O)OCCCOCCCCCCCC/C=C\C/C=C\CCCCC)OC(=O)CN1CCN(C)CC1. The lowest BCUT2D eigenvalue weighted by Crippen LogP contribution is -2.46. The molecule has 7 heteroatoms. The third kappa shape index (κ3) is 28.7. The summed E-state index contributed by atoms with van der Waals surface area (Å²) in [5.74, 6) is -0.281. The first-order valence-corrected chi connectivity index (χ1v) is 19.3. The zero-order valence-corrected chi connectivity index (χ0v) is 30.8. The van der Waals surface area contributed by atoms with Crippen molar-refractivity contribution in [2.75, 3.05) is 59.6 Å². The Kier molecular flexibility index (Phi) is 29.9. The summed E-state index contributed by atoms with van der Waals surface area (Å²) in [7, 11) is 2.11. The van der Waals surface area contributed by atoms with Gasteiger partial charge < -0.3 is 19.1 Å². The van der Waals surface area contributed by atoms with Crippen LogP contribution in [0.4, 0.5) is 0 Å². The van der Waals surface area contributed by atoms with Crippen LogP contribution in [-0.2, 0) is 23.8 Å². The van der Waals surface area contributed by atoms with Crippen molar-refractivity contribution in [1.82, 2.24) is 9.80 Å². The molecule has 0 aromatic heterocycles. The second kappa shape index (κ2) is 32.6. The number of nitrogens with zero attached hydrogens (tertiary/aromatic N) is 2. The minimum Gasteiger partial charge on any atom is -0.466 e. The largest absolute Gasteiger partial charge is 0.466 e. The lowest BCUT2D eigenvalue weighted by molar-refractivity contribution is -0.151. The fourth-order valence-corrected chi connectivity index (χ4v) is 5.60. The number of carbonyl (C=O) groups excluding carboxylic acids is 2. The number of piperazine rings is 1. The van der Waals surface area contributed by atoms with Gasteiger partial charge in [0, 0.05) is 52.2 Å². The molecule has 1 rings (SSSR count). The second-order valence-corrected chi connectivity index (χ2v) is 13.2. The maximum atomic E-state index is 12.6. The highest BCUT2D eigenvalue weighted by Crippen LogP contribution is 2.15. The molecule has 0 radical (unpaired) electrons. The van der Waals surface area contributed by atoms with E-state index in [4.69, 9.17) is 14.2 Å². The molecule has 1 atom stereocenters. The van der Waals surface area contributed by atoms with Crippen LogP contribution in [0.25, 0.3) is 0 Å². The average Bonchev–Trinajstić information content (AvgIpc) is 3.06. The number of carbonyl (C=O) groups is 2. The van der Waals surface area contributed by atoms with E-state index >= 15 is 0 Å². The van der Waals surface area contributed by atoms with Crippen LogP contribution in [0.15, 0.2) is 36.5 Å². The van der Waals surface area contributed by atoms with Gasteiger partial charge in [-0.3, -0.25) is 14.5 Å². The molecule has 0 saturated carbocycles. The van der Waals surface area contributed by atoms with E-state index in [0.717, 1.165) is 90.6 Å². The van der Waals surface area contributed by atoms with Crippen LogP contribution in [0.3, 0.4) is 0 Å². The lowest BCUT2D eigenvalue weighted by Gasteiger charge is -2.31. The molecule has 0 amide bonds. The molecule has 1 saturated heterocycles. The maximum absolute atomic E-state index is 12.6. The van der Waals surface area contributed by atoms with Crippen LogP contribution in [0.2, 0.25) is 0 Å². The Morgan fingerprint density at radius 2 is 1.30 bits per heavy atom. The Bertz CT molecular complexity index is 819. The summed E-state index contributed by atoms with van der Waals surface area (Å²) in [6.07, 6.45) is 34.7. The number of esters is 2. The van der Waals surface area contributed by atoms with Gasteiger partial charge in [-0.1, -0.05) is 88.8 Å². The molecular weight excluding hydrogens is 588 g/mol. The summed E-state index contributed by atoms with van der Waals surface area (Å²) in [6.45, 7) is 10.4. The smallest absolute Gasteiger partial charge is 0.320 e. The number of allylic oxidation sites excluding steroid dienone is 6. The maximum Gasteiger partial charge on any atom is 0.320 e. The van der Waals surface area contributed by atoms with Crippen molar-refractivity contribution in [3.05, 3.63) is 36.5 Å². The topological polar surface area (TPSA) is 68.3 Å². The first-order chi connectivity index (χ1) is 23.0. The molecule has 47 heavy (non-hydrogen) atoms. The molecule has 0 aromatic carbocycles. The van der Waals surface area contributed by atoms with E-state index in [-0.39, 0.29) is 18.0 Å². The van der Waals surface area contributed by atoms with Crippen LogP contribution in [0, 0.1) is 0 Å². The number of hydrogen-bond donors (Lipinski definition) is 0. The summed E-state index contributed by atoms with van der Waals surface area (Å²) < 4.78 is 17.0. The van der Waals surface area contributed by atoms with Gasteiger partial charge in [0.05, 0.1) is 13.2 Å². The molecule has 0 bridgehead atoms. The Morgan fingerprint density at radius 3 is 2.02 bits per heavy atom. The van der Waals surface area contributed by atoms with Crippen molar-refractivity contribution < 1.29 is 23.8 Å². The van der Waals surface area contributed by atoms with Crippen molar-refractivity contribution >= 4 is 11.9 Å². The van der Waals surface area contributed by atoms with Crippen molar-refractivity contribution in [2.45, 2.75) is 148 Å². The second-order valence-electron chi connectivity index (χ2n) is 13.2. The van der Waals surface area contributed by atoms with E-state index in [0.29, 0.717) is 26.2 Å². The molecule has 1 unspecified atom stereocenters. The van der Waals surface area contributed by atoms with E-state index in [2.05, 4.69) is 67.2 Å². The van der Waals surface area contributed by atoms with Gasteiger partial charge >= 0.3 is 11.9 Å². The molecule has 1 aliphatic heterocycles. The van der Waals surface area contributed by atoms with Gasteiger partial charge in [0.25, 0.3) is 0 Å². The minimum atomic E-state index is -0.148. The first kappa shape index (κ1) is 43.1. The number of hydrogen-bond acceptors (Lipinski definition) is 7. The number of ether oxygens (including phenoxy) is 3. The fourth-order valence-electron chi connectivity index (χ4n) is 5.60. The number of likely N-dealkylation sites (N-methyl/N-ethyl adjacent to an activating group) is 1. The van der Waals surface area contributed by atoms with Crippen molar-refractivity contribution in [1.29, 1.82) is 0 Å². The Balaban J connectivity index is 1.98. The molecule has 0 N–H and O–H groups in total. The lowest BCUT2D eigenvalue weighted by atomic mass is 10.1. The summed E-state index contributed by atoms with van der Waals surface area (Å²) in [4.78, 5) is 29.2. The highest BCUT2D eigenvalue weighted by atomic mass is 16.5. The molecule has 1 heterocycles. The number of unbranched alkanes of at least 4 members (excludes halogenated alkanes) is 10. The summed E-state index contributed by atoms with van der Waals surface area (Å²) in [5.41, 5.74) is 0. The van der Waals surface area contributed by atoms with Gasteiger partial charge in [-0.15, -0.1) is 0 Å². The third-order valence-electron chi connectivity index (χ3n) is 8.65. The van der Waals surface area contributed by atoms with E-state index in [9.17, 15) is 9.59 Å². The molecule has 0 spiro atoms. The van der Waals surface area contributed by atoms with E-state index in [1.807, 2.05) is 0 Å². The van der Waals surface area contributed by atoms with E-state index in [1.54, 1.807) is 0 Å². The van der Waals surface area contributed by atoms with Gasteiger partial charge in [0.1, 0.15) is 6.10 Å². The Hall–Kier alpha value is -1.96. The van der Waals surface area contributed by atoms with E-state index < -0.39 is 0 Å². The molecule has 0 aromatic rings. The highest BCUT2D eigenvalue weighted by molar-refractivity contribution is 5.72. The quantitative estimate of drug-likeness (QED) is 0.0417. The Morgan fingerprint density at radius 1 is 0.638 bits per heavy atom. The van der Waals surface area contributed by atoms with Crippen molar-refractivity contribution in [3.63, 3.8) is 0 Å². The van der Waals surface area contributed by atoms with Crippen LogP contribution < -0.4 is 0 Å². The third-order valence-corrected chi connectivity index (χ3v) is 8.65. The highest BCUT2D eigenvalue weighted by Gasteiger charge is 2.20. The van der Waals surface area contributed by atoms with Crippen molar-refractivity contribution in [2.24, 2.45) is 0 Å². The van der Waals surface area contributed by atoms with Gasteiger partial charge in [0.15, 0.2) is 0 Å². The molecule has 1 fully saturated rings. The monoisotopic (exact) mass is 661 g/mol. The van der Waals surface area contributed by atoms with Crippen LogP contribution in [0.1, 0.15) is 142 Å². The van der Waals surface area contributed by atoms with Crippen molar-refractivity contribution in [3.8, 4) is 0 Å². The summed E-state index contributed by atoms with van der Waals surface area (Å²) in [6, 6.07) is 0. The van der Waals surface area contributed by atoms with Gasteiger partial charge in [-0.05, 0) is 84.1 Å². The standard InChI is InChI=1S/C40H72N2O5/c1-4-6-8-10-11-12-13-14-15-16-17-18-19-20-21-25-34-45-35-26-36-46-39(43)29-24-23-28-38(27-22-9-7-5-2)47-40(44)37-42-32-30-41(3)31-33-42/h7,9,11-12,14-15,38H,4-6,8,10,13,16-37H2,1-3H3/b9-7-,12-11-,15-14-. The normalized spacial score (nSPS) is 15.3. The number of rotatable bonds is 31. The van der Waals surface area contributed by atoms with Crippen LogP contribution in [0.5, 0.6) is 0 Å². The Labute approximate surface area is 289 Å². The zero-order valence-electron chi connectivity index (χ0n) is 30.8. The molecule has 0 aliphatic carbocycles. The first-order valence-electron chi connectivity index (χ1n) is 19.3. The van der Waals surface area contributed by atoms with E-state index in [1.165, 1.54) is 64.2 Å². The van der Waals surface area contributed by atoms with Gasteiger partial charge in [-0.25, -0.2) is 0 Å². The minimum absolute atomic E-state index is 0.102. The van der Waals surface area contributed by atoms with Crippen LogP contribution in [-0.4, -0.2) is 87.4 Å². The van der Waals surface area contributed by atoms with Gasteiger partial charge in [-0.2, -0.15) is 0 Å². The molecule has 7 nitrogen and oxygen atoms in total. The molecule has 1 aliphatic rings. The summed E-state index contributed by atoms with van der Waals surface area (Å²) >= 11 is 0.